The van der Waals surface area contributed by atoms with Gasteiger partial charge in [0.1, 0.15) is 0 Å². The van der Waals surface area contributed by atoms with Gasteiger partial charge in [-0.15, -0.1) is 24.8 Å². The molecule has 2 bridgehead atoms. The zero-order valence-corrected chi connectivity index (χ0v) is 17.1. The van der Waals surface area contributed by atoms with Crippen LogP contribution in [0.15, 0.2) is 0 Å². The molecule has 5 nitrogen and oxygen atoms in total. The number of carbonyl (C=O) groups excluding carboxylic acids is 1. The molecule has 0 aromatic rings. The molecule has 3 fully saturated rings. The molecule has 0 aromatic heterocycles. The molecule has 3 aliphatic rings. The minimum Gasteiger partial charge on any atom is -0.379 e. The van der Waals surface area contributed by atoms with Gasteiger partial charge in [-0.2, -0.15) is 0 Å². The second-order valence-electron chi connectivity index (χ2n) is 7.88. The van der Waals surface area contributed by atoms with Crippen molar-refractivity contribution < 1.29 is 9.53 Å². The van der Waals surface area contributed by atoms with Gasteiger partial charge in [-0.25, -0.2) is 0 Å². The van der Waals surface area contributed by atoms with Gasteiger partial charge in [0, 0.05) is 37.1 Å². The molecule has 3 rings (SSSR count). The van der Waals surface area contributed by atoms with E-state index in [2.05, 4.69) is 24.1 Å². The fourth-order valence-corrected chi connectivity index (χ4v) is 4.77. The minimum absolute atomic E-state index is 0. The number of halogens is 2. The number of rotatable bonds is 4. The SMILES string of the molecule is CC(NC(=O)C1CC2CCCC(C1)C2N)C(C)N1CCOCC1.Cl.Cl. The van der Waals surface area contributed by atoms with E-state index in [4.69, 9.17) is 10.5 Å². The molecule has 1 heterocycles. The lowest BCUT2D eigenvalue weighted by atomic mass is 9.65. The maximum atomic E-state index is 12.7. The molecule has 0 spiro atoms. The number of hydrogen-bond donors (Lipinski definition) is 2. The monoisotopic (exact) mass is 395 g/mol. The number of amides is 1. The zero-order valence-electron chi connectivity index (χ0n) is 15.5. The third-order valence-corrected chi connectivity index (χ3v) is 6.50. The molecule has 25 heavy (non-hydrogen) atoms. The molecule has 1 aliphatic heterocycles. The summed E-state index contributed by atoms with van der Waals surface area (Å²) in [6.45, 7) is 7.87. The highest BCUT2D eigenvalue weighted by molar-refractivity contribution is 5.85. The molecule has 0 aromatic carbocycles. The number of nitrogens with zero attached hydrogens (tertiary/aromatic N) is 1. The van der Waals surface area contributed by atoms with Crippen molar-refractivity contribution in [1.29, 1.82) is 0 Å². The topological polar surface area (TPSA) is 67.6 Å². The average Bonchev–Trinajstić information content (AvgIpc) is 2.54. The Hall–Kier alpha value is -0.0700. The largest absolute Gasteiger partial charge is 0.379 e. The number of carbonyl (C=O) groups is 1. The second-order valence-corrected chi connectivity index (χ2v) is 7.88. The van der Waals surface area contributed by atoms with Crippen molar-refractivity contribution in [2.75, 3.05) is 26.3 Å². The van der Waals surface area contributed by atoms with Crippen molar-refractivity contribution in [3.8, 4) is 0 Å². The Morgan fingerprint density at radius 3 is 2.24 bits per heavy atom. The molecule has 4 unspecified atom stereocenters. The quantitative estimate of drug-likeness (QED) is 0.765. The highest BCUT2D eigenvalue weighted by atomic mass is 35.5. The number of morpholine rings is 1. The van der Waals surface area contributed by atoms with Crippen LogP contribution in [0.25, 0.3) is 0 Å². The summed E-state index contributed by atoms with van der Waals surface area (Å²) in [5, 5.41) is 3.29. The summed E-state index contributed by atoms with van der Waals surface area (Å²) in [5.41, 5.74) is 6.34. The van der Waals surface area contributed by atoms with Crippen LogP contribution in [0.1, 0.15) is 46.0 Å². The number of hydrogen-bond acceptors (Lipinski definition) is 4. The maximum absolute atomic E-state index is 12.7. The Morgan fingerprint density at radius 1 is 1.12 bits per heavy atom. The molecular formula is C18H35Cl2N3O2. The Bertz CT molecular complexity index is 407. The van der Waals surface area contributed by atoms with E-state index >= 15 is 0 Å². The predicted octanol–water partition coefficient (Wildman–Crippen LogP) is 2.21. The zero-order chi connectivity index (χ0) is 16.4. The summed E-state index contributed by atoms with van der Waals surface area (Å²) in [6.07, 6.45) is 5.69. The molecule has 7 heteroatoms. The summed E-state index contributed by atoms with van der Waals surface area (Å²) < 4.78 is 5.42. The van der Waals surface area contributed by atoms with Gasteiger partial charge in [0.05, 0.1) is 13.2 Å². The normalized spacial score (nSPS) is 34.8. The van der Waals surface area contributed by atoms with E-state index in [1.807, 2.05) is 0 Å². The third-order valence-electron chi connectivity index (χ3n) is 6.50. The van der Waals surface area contributed by atoms with Crippen LogP contribution in [0, 0.1) is 17.8 Å². The van der Waals surface area contributed by atoms with Crippen molar-refractivity contribution >= 4 is 30.7 Å². The van der Waals surface area contributed by atoms with Gasteiger partial charge in [0.2, 0.25) is 5.91 Å². The van der Waals surface area contributed by atoms with E-state index in [1.165, 1.54) is 19.3 Å². The lowest BCUT2D eigenvalue weighted by Gasteiger charge is -2.44. The van der Waals surface area contributed by atoms with Crippen LogP contribution in [0.2, 0.25) is 0 Å². The van der Waals surface area contributed by atoms with E-state index in [-0.39, 0.29) is 42.7 Å². The first kappa shape index (κ1) is 23.0. The number of nitrogens with two attached hydrogens (primary N) is 1. The molecule has 1 amide bonds. The van der Waals surface area contributed by atoms with Crippen molar-refractivity contribution in [2.45, 2.75) is 64.1 Å². The number of nitrogens with one attached hydrogen (secondary N) is 1. The smallest absolute Gasteiger partial charge is 0.223 e. The summed E-state index contributed by atoms with van der Waals surface area (Å²) in [7, 11) is 0. The Kier molecular flexibility index (Phi) is 9.47. The van der Waals surface area contributed by atoms with Gasteiger partial charge >= 0.3 is 0 Å². The Labute approximate surface area is 164 Å². The van der Waals surface area contributed by atoms with Crippen LogP contribution in [-0.4, -0.2) is 55.2 Å². The fourth-order valence-electron chi connectivity index (χ4n) is 4.77. The van der Waals surface area contributed by atoms with Crippen LogP contribution in [0.3, 0.4) is 0 Å². The van der Waals surface area contributed by atoms with Crippen LogP contribution in [-0.2, 0) is 9.53 Å². The Morgan fingerprint density at radius 2 is 1.68 bits per heavy atom. The van der Waals surface area contributed by atoms with Crippen molar-refractivity contribution in [3.63, 3.8) is 0 Å². The van der Waals surface area contributed by atoms with Crippen LogP contribution in [0.5, 0.6) is 0 Å². The molecular weight excluding hydrogens is 361 g/mol. The van der Waals surface area contributed by atoms with E-state index in [9.17, 15) is 4.79 Å². The second kappa shape index (κ2) is 10.3. The summed E-state index contributed by atoms with van der Waals surface area (Å²) in [4.78, 5) is 15.2. The highest BCUT2D eigenvalue weighted by Crippen LogP contribution is 2.41. The molecule has 4 atom stereocenters. The van der Waals surface area contributed by atoms with Crippen molar-refractivity contribution in [3.05, 3.63) is 0 Å². The van der Waals surface area contributed by atoms with Crippen molar-refractivity contribution in [1.82, 2.24) is 10.2 Å². The summed E-state index contributed by atoms with van der Waals surface area (Å²) in [5.74, 6) is 1.54. The van der Waals surface area contributed by atoms with Gasteiger partial charge in [-0.3, -0.25) is 9.69 Å². The first-order chi connectivity index (χ1) is 11.1. The molecule has 3 N–H and O–H groups in total. The van der Waals surface area contributed by atoms with Gasteiger partial charge < -0.3 is 15.8 Å². The lowest BCUT2D eigenvalue weighted by molar-refractivity contribution is -0.129. The maximum Gasteiger partial charge on any atom is 0.223 e. The third kappa shape index (κ3) is 5.46. The van der Waals surface area contributed by atoms with E-state index in [0.29, 0.717) is 23.9 Å². The molecule has 0 radical (unpaired) electrons. The van der Waals surface area contributed by atoms with Gasteiger partial charge in [-0.1, -0.05) is 6.42 Å². The van der Waals surface area contributed by atoms with Crippen LogP contribution < -0.4 is 11.1 Å². The molecule has 2 saturated carbocycles. The number of ether oxygens (including phenoxy) is 1. The molecule has 1 saturated heterocycles. The van der Waals surface area contributed by atoms with E-state index in [0.717, 1.165) is 39.1 Å². The highest BCUT2D eigenvalue weighted by Gasteiger charge is 2.40. The standard InChI is InChI=1S/C18H33N3O2.2ClH/c1-12(13(2)21-6-8-23-9-7-21)20-18(22)16-10-14-4-3-5-15(11-16)17(14)19;;/h12-17H,3-11,19H2,1-2H3,(H,20,22);2*1H. The van der Waals surface area contributed by atoms with Gasteiger partial charge in [0.25, 0.3) is 0 Å². The molecule has 148 valence electrons. The van der Waals surface area contributed by atoms with Gasteiger partial charge in [-0.05, 0) is 51.4 Å². The van der Waals surface area contributed by atoms with Crippen molar-refractivity contribution in [2.24, 2.45) is 23.5 Å². The first-order valence-electron chi connectivity index (χ1n) is 9.44. The molecule has 2 aliphatic carbocycles. The number of fused-ring (bicyclic) bond motifs is 2. The summed E-state index contributed by atoms with van der Waals surface area (Å²) in [6, 6.07) is 0.863. The average molecular weight is 396 g/mol. The fraction of sp³-hybridized carbons (Fsp3) is 0.944. The summed E-state index contributed by atoms with van der Waals surface area (Å²) >= 11 is 0. The van der Waals surface area contributed by atoms with E-state index in [1.54, 1.807) is 0 Å². The minimum atomic E-state index is 0. The van der Waals surface area contributed by atoms with Crippen LogP contribution in [0.4, 0.5) is 0 Å². The first-order valence-corrected chi connectivity index (χ1v) is 9.44. The lowest BCUT2D eigenvalue weighted by Crippen LogP contribution is -2.54. The Balaban J connectivity index is 0.00000156. The van der Waals surface area contributed by atoms with E-state index < -0.39 is 0 Å². The predicted molar refractivity (Wildman–Crippen MR) is 105 cm³/mol. The van der Waals surface area contributed by atoms with Gasteiger partial charge in [0.15, 0.2) is 0 Å². The van der Waals surface area contributed by atoms with Crippen LogP contribution >= 0.6 is 24.8 Å².